The standard InChI is InChI=1S/C18H16BrClN4OS/c19-12-4-2-1-3-11(12)17(25)24-9-7-23(8-10-24)16-13(20)5-6-14-15(16)22-18(21)26-14/h1-6H,7-10H2,(H2,21,22). The Morgan fingerprint density at radius 3 is 2.62 bits per heavy atom. The lowest BCUT2D eigenvalue weighted by atomic mass is 10.1. The van der Waals surface area contributed by atoms with Crippen LogP contribution in [0.4, 0.5) is 10.8 Å². The number of thiazole rings is 1. The molecule has 0 saturated carbocycles. The first kappa shape index (κ1) is 17.6. The molecule has 0 radical (unpaired) electrons. The number of aromatic nitrogens is 1. The van der Waals surface area contributed by atoms with Crippen LogP contribution in [0.25, 0.3) is 10.2 Å². The van der Waals surface area contributed by atoms with Gasteiger partial charge in [-0.1, -0.05) is 35.1 Å². The van der Waals surface area contributed by atoms with Crippen molar-refractivity contribution >= 4 is 65.8 Å². The summed E-state index contributed by atoms with van der Waals surface area (Å²) in [5.41, 5.74) is 8.30. The Morgan fingerprint density at radius 1 is 1.15 bits per heavy atom. The van der Waals surface area contributed by atoms with Crippen LogP contribution in [0.5, 0.6) is 0 Å². The molecule has 1 saturated heterocycles. The summed E-state index contributed by atoms with van der Waals surface area (Å²) < 4.78 is 1.84. The Hall–Kier alpha value is -1.83. The number of rotatable bonds is 2. The quantitative estimate of drug-likeness (QED) is 0.632. The minimum Gasteiger partial charge on any atom is -0.375 e. The van der Waals surface area contributed by atoms with E-state index in [9.17, 15) is 4.79 Å². The number of piperazine rings is 1. The number of benzene rings is 2. The molecule has 1 aromatic heterocycles. The fourth-order valence-electron chi connectivity index (χ4n) is 3.21. The van der Waals surface area contributed by atoms with Gasteiger partial charge in [0.05, 0.1) is 21.0 Å². The number of carbonyl (C=O) groups excluding carboxylic acids is 1. The average molecular weight is 452 g/mol. The second-order valence-corrected chi connectivity index (χ2v) is 8.38. The summed E-state index contributed by atoms with van der Waals surface area (Å²) in [6.07, 6.45) is 0. The molecule has 1 amide bonds. The van der Waals surface area contributed by atoms with E-state index in [0.29, 0.717) is 41.9 Å². The van der Waals surface area contributed by atoms with Crippen LogP contribution in [-0.2, 0) is 0 Å². The second-order valence-electron chi connectivity index (χ2n) is 6.05. The fraction of sp³-hybridized carbons (Fsp3) is 0.222. The molecule has 8 heteroatoms. The van der Waals surface area contributed by atoms with Crippen molar-refractivity contribution in [1.29, 1.82) is 0 Å². The zero-order valence-corrected chi connectivity index (χ0v) is 16.9. The normalized spacial score (nSPS) is 14.8. The van der Waals surface area contributed by atoms with Gasteiger partial charge in [-0.05, 0) is 40.2 Å². The Labute approximate surface area is 168 Å². The van der Waals surface area contributed by atoms with Gasteiger partial charge in [0, 0.05) is 30.7 Å². The van der Waals surface area contributed by atoms with Gasteiger partial charge in [-0.2, -0.15) is 0 Å². The van der Waals surface area contributed by atoms with Gasteiger partial charge in [0.25, 0.3) is 5.91 Å². The molecule has 0 atom stereocenters. The molecule has 134 valence electrons. The van der Waals surface area contributed by atoms with Crippen molar-refractivity contribution in [2.24, 2.45) is 0 Å². The van der Waals surface area contributed by atoms with E-state index in [0.717, 1.165) is 20.4 Å². The summed E-state index contributed by atoms with van der Waals surface area (Å²) in [7, 11) is 0. The van der Waals surface area contributed by atoms with Crippen molar-refractivity contribution in [2.75, 3.05) is 36.8 Å². The lowest BCUT2D eigenvalue weighted by Crippen LogP contribution is -2.49. The largest absolute Gasteiger partial charge is 0.375 e. The lowest BCUT2D eigenvalue weighted by Gasteiger charge is -2.36. The highest BCUT2D eigenvalue weighted by Crippen LogP contribution is 2.37. The summed E-state index contributed by atoms with van der Waals surface area (Å²) in [5, 5.41) is 1.19. The number of halogens is 2. The molecule has 4 rings (SSSR count). The minimum atomic E-state index is 0.0410. The average Bonchev–Trinajstić information content (AvgIpc) is 3.02. The number of anilines is 2. The monoisotopic (exact) mass is 450 g/mol. The first-order valence-corrected chi connectivity index (χ1v) is 10.2. The van der Waals surface area contributed by atoms with Gasteiger partial charge in [0.15, 0.2) is 5.13 Å². The third kappa shape index (κ3) is 3.15. The first-order chi connectivity index (χ1) is 12.5. The van der Waals surface area contributed by atoms with Crippen molar-refractivity contribution in [3.8, 4) is 0 Å². The van der Waals surface area contributed by atoms with E-state index in [1.165, 1.54) is 11.3 Å². The molecule has 3 aromatic rings. The van der Waals surface area contributed by atoms with E-state index in [4.69, 9.17) is 17.3 Å². The van der Waals surface area contributed by atoms with Gasteiger partial charge in [-0.15, -0.1) is 0 Å². The molecular weight excluding hydrogens is 436 g/mol. The summed E-state index contributed by atoms with van der Waals surface area (Å²) in [6.45, 7) is 2.66. The number of hydrogen-bond donors (Lipinski definition) is 1. The highest BCUT2D eigenvalue weighted by atomic mass is 79.9. The smallest absolute Gasteiger partial charge is 0.255 e. The van der Waals surface area contributed by atoms with E-state index in [1.807, 2.05) is 41.3 Å². The van der Waals surface area contributed by atoms with Crippen LogP contribution in [0.2, 0.25) is 5.02 Å². The molecule has 1 aliphatic rings. The number of nitrogens with two attached hydrogens (primary N) is 1. The molecule has 0 aliphatic carbocycles. The van der Waals surface area contributed by atoms with Crippen LogP contribution in [0.1, 0.15) is 10.4 Å². The van der Waals surface area contributed by atoms with Crippen molar-refractivity contribution in [3.05, 3.63) is 51.5 Å². The SMILES string of the molecule is Nc1nc2c(N3CCN(C(=O)c4ccccc4Br)CC3)c(Cl)ccc2s1. The number of fused-ring (bicyclic) bond motifs is 1. The van der Waals surface area contributed by atoms with Crippen LogP contribution in [0.3, 0.4) is 0 Å². The minimum absolute atomic E-state index is 0.0410. The number of nitrogen functional groups attached to an aromatic ring is 1. The molecular formula is C18H16BrClN4OS. The van der Waals surface area contributed by atoms with E-state index in [1.54, 1.807) is 0 Å². The second kappa shape index (κ2) is 7.06. The molecule has 0 bridgehead atoms. The number of hydrogen-bond acceptors (Lipinski definition) is 5. The predicted molar refractivity (Wildman–Crippen MR) is 111 cm³/mol. The number of carbonyl (C=O) groups is 1. The predicted octanol–water partition coefficient (Wildman–Crippen LogP) is 4.26. The van der Waals surface area contributed by atoms with E-state index < -0.39 is 0 Å². The molecule has 26 heavy (non-hydrogen) atoms. The van der Waals surface area contributed by atoms with E-state index in [2.05, 4.69) is 25.8 Å². The zero-order chi connectivity index (χ0) is 18.3. The third-order valence-corrected chi connectivity index (χ3v) is 6.34. The summed E-state index contributed by atoms with van der Waals surface area (Å²) in [5.74, 6) is 0.0410. The van der Waals surface area contributed by atoms with Gasteiger partial charge in [-0.3, -0.25) is 4.79 Å². The molecule has 5 nitrogen and oxygen atoms in total. The van der Waals surface area contributed by atoms with Crippen molar-refractivity contribution in [1.82, 2.24) is 9.88 Å². The topological polar surface area (TPSA) is 62.5 Å². The molecule has 2 N–H and O–H groups in total. The summed E-state index contributed by atoms with van der Waals surface area (Å²) in [6, 6.07) is 11.3. The van der Waals surface area contributed by atoms with Gasteiger partial charge < -0.3 is 15.5 Å². The molecule has 0 unspecified atom stereocenters. The summed E-state index contributed by atoms with van der Waals surface area (Å²) >= 11 is 11.4. The highest BCUT2D eigenvalue weighted by molar-refractivity contribution is 9.10. The Morgan fingerprint density at radius 2 is 1.88 bits per heavy atom. The van der Waals surface area contributed by atoms with Crippen LogP contribution >= 0.6 is 38.9 Å². The van der Waals surface area contributed by atoms with Gasteiger partial charge >= 0.3 is 0 Å². The zero-order valence-electron chi connectivity index (χ0n) is 13.8. The van der Waals surface area contributed by atoms with E-state index >= 15 is 0 Å². The van der Waals surface area contributed by atoms with Crippen molar-refractivity contribution in [3.63, 3.8) is 0 Å². The molecule has 2 heterocycles. The Bertz CT molecular complexity index is 984. The number of amides is 1. The molecule has 1 fully saturated rings. The Balaban J connectivity index is 1.55. The molecule has 1 aliphatic heterocycles. The van der Waals surface area contributed by atoms with Crippen LogP contribution < -0.4 is 10.6 Å². The molecule has 0 spiro atoms. The van der Waals surface area contributed by atoms with Crippen LogP contribution in [-0.4, -0.2) is 42.0 Å². The van der Waals surface area contributed by atoms with Gasteiger partial charge in [0.1, 0.15) is 5.52 Å². The maximum absolute atomic E-state index is 12.8. The van der Waals surface area contributed by atoms with Gasteiger partial charge in [0.2, 0.25) is 0 Å². The molecule has 2 aromatic carbocycles. The fourth-order valence-corrected chi connectivity index (χ4v) is 4.68. The Kier molecular flexibility index (Phi) is 4.77. The van der Waals surface area contributed by atoms with E-state index in [-0.39, 0.29) is 5.91 Å². The van der Waals surface area contributed by atoms with Crippen LogP contribution in [0.15, 0.2) is 40.9 Å². The maximum atomic E-state index is 12.8. The summed E-state index contributed by atoms with van der Waals surface area (Å²) in [4.78, 5) is 21.3. The first-order valence-electron chi connectivity index (χ1n) is 8.18. The maximum Gasteiger partial charge on any atom is 0.255 e. The third-order valence-electron chi connectivity index (χ3n) is 4.49. The number of nitrogens with zero attached hydrogens (tertiary/aromatic N) is 3. The van der Waals surface area contributed by atoms with Crippen molar-refractivity contribution < 1.29 is 4.79 Å². The lowest BCUT2D eigenvalue weighted by molar-refractivity contribution is 0.0746. The van der Waals surface area contributed by atoms with Gasteiger partial charge in [-0.25, -0.2) is 4.98 Å². The highest BCUT2D eigenvalue weighted by Gasteiger charge is 2.26. The van der Waals surface area contributed by atoms with Crippen LogP contribution in [0, 0.1) is 0 Å². The van der Waals surface area contributed by atoms with Crippen molar-refractivity contribution in [2.45, 2.75) is 0 Å².